The maximum absolute atomic E-state index is 11.1. The molecule has 1 rings (SSSR count). The van der Waals surface area contributed by atoms with Crippen LogP contribution in [-0.4, -0.2) is 39.4 Å². The van der Waals surface area contributed by atoms with Crippen LogP contribution in [0.25, 0.3) is 0 Å². The molecule has 0 fully saturated rings. The van der Waals surface area contributed by atoms with Gasteiger partial charge in [0.15, 0.2) is 11.5 Å². The van der Waals surface area contributed by atoms with Crippen molar-refractivity contribution in [1.29, 1.82) is 0 Å². The zero-order valence-electron chi connectivity index (χ0n) is 15.1. The van der Waals surface area contributed by atoms with Gasteiger partial charge in [-0.2, -0.15) is 0 Å². The van der Waals surface area contributed by atoms with Gasteiger partial charge in [0, 0.05) is 12.8 Å². The molecule has 0 aliphatic heterocycles. The fourth-order valence-corrected chi connectivity index (χ4v) is 2.20. The summed E-state index contributed by atoms with van der Waals surface area (Å²) in [5.74, 6) is 0.989. The van der Waals surface area contributed by atoms with Crippen LogP contribution in [0.4, 0.5) is 0 Å². The lowest BCUT2D eigenvalue weighted by Crippen LogP contribution is -2.06. The van der Waals surface area contributed by atoms with Gasteiger partial charge in [-0.05, 0) is 31.4 Å². The molecule has 0 atom stereocenters. The third-order valence-electron chi connectivity index (χ3n) is 3.62. The number of hydrogen-bond donors (Lipinski definition) is 0. The molecule has 0 radical (unpaired) electrons. The lowest BCUT2D eigenvalue weighted by molar-refractivity contribution is -0.141. The molecule has 0 aromatic heterocycles. The number of esters is 2. The summed E-state index contributed by atoms with van der Waals surface area (Å²) >= 11 is 0. The highest BCUT2D eigenvalue weighted by Gasteiger charge is 2.06. The molecule has 0 N–H and O–H groups in total. The summed E-state index contributed by atoms with van der Waals surface area (Å²) in [5, 5.41) is 0. The topological polar surface area (TPSA) is 71.1 Å². The van der Waals surface area contributed by atoms with E-state index in [0.29, 0.717) is 44.0 Å². The lowest BCUT2D eigenvalue weighted by atomic mass is 10.1. The molecule has 0 saturated carbocycles. The molecule has 6 heteroatoms. The van der Waals surface area contributed by atoms with E-state index < -0.39 is 0 Å². The Bertz CT molecular complexity index is 514. The van der Waals surface area contributed by atoms with Crippen molar-refractivity contribution >= 4 is 11.9 Å². The van der Waals surface area contributed by atoms with E-state index in [4.69, 9.17) is 9.47 Å². The molecule has 1 aromatic rings. The van der Waals surface area contributed by atoms with Gasteiger partial charge < -0.3 is 18.9 Å². The minimum absolute atomic E-state index is 0.158. The van der Waals surface area contributed by atoms with E-state index in [1.165, 1.54) is 14.2 Å². The molecule has 0 aliphatic carbocycles. The number of para-hydroxylation sites is 2. The highest BCUT2D eigenvalue weighted by molar-refractivity contribution is 5.69. The van der Waals surface area contributed by atoms with E-state index >= 15 is 0 Å². The molecule has 0 bridgehead atoms. The predicted molar refractivity (Wildman–Crippen MR) is 93.8 cm³/mol. The Balaban J connectivity index is 2.20. The standard InChI is InChI=1S/C19H28O6/c1-22-18(20)12-5-3-4-8-14-24-16-10-6-7-11-17(16)25-15-9-13-19(21)23-2/h6-7,10-11H,3-5,8-9,12-15H2,1-2H3. The average Bonchev–Trinajstić information content (AvgIpc) is 2.64. The molecule has 0 heterocycles. The Hall–Kier alpha value is -2.24. The molecule has 0 saturated heterocycles. The van der Waals surface area contributed by atoms with Crippen molar-refractivity contribution in [3.8, 4) is 11.5 Å². The normalized spacial score (nSPS) is 10.2. The molecule has 0 amide bonds. The number of carbonyl (C=O) groups is 2. The van der Waals surface area contributed by atoms with E-state index in [1.807, 2.05) is 24.3 Å². The number of unbranched alkanes of at least 4 members (excludes halogenated alkanes) is 3. The number of hydrogen-bond acceptors (Lipinski definition) is 6. The number of carbonyl (C=O) groups excluding carboxylic acids is 2. The van der Waals surface area contributed by atoms with E-state index in [1.54, 1.807) is 0 Å². The van der Waals surface area contributed by atoms with E-state index in [2.05, 4.69) is 9.47 Å². The quantitative estimate of drug-likeness (QED) is 0.399. The van der Waals surface area contributed by atoms with Crippen LogP contribution in [0.5, 0.6) is 11.5 Å². The van der Waals surface area contributed by atoms with Crippen LogP contribution < -0.4 is 9.47 Å². The summed E-state index contributed by atoms with van der Waals surface area (Å²) in [5.41, 5.74) is 0. The summed E-state index contributed by atoms with van der Waals surface area (Å²) in [7, 11) is 2.78. The Kier molecular flexibility index (Phi) is 10.9. The second-order valence-electron chi connectivity index (χ2n) is 5.56. The van der Waals surface area contributed by atoms with E-state index in [0.717, 1.165) is 25.7 Å². The SMILES string of the molecule is COC(=O)CCCCCCOc1ccccc1OCCCC(=O)OC. The molecule has 0 aliphatic rings. The fraction of sp³-hybridized carbons (Fsp3) is 0.579. The van der Waals surface area contributed by atoms with Crippen molar-refractivity contribution in [2.75, 3.05) is 27.4 Å². The highest BCUT2D eigenvalue weighted by atomic mass is 16.5. The van der Waals surface area contributed by atoms with Crippen molar-refractivity contribution in [3.05, 3.63) is 24.3 Å². The summed E-state index contributed by atoms with van der Waals surface area (Å²) in [6.07, 6.45) is 5.14. The predicted octanol–water partition coefficient (Wildman–Crippen LogP) is 3.52. The van der Waals surface area contributed by atoms with Crippen LogP contribution in [0.2, 0.25) is 0 Å². The van der Waals surface area contributed by atoms with E-state index in [9.17, 15) is 9.59 Å². The summed E-state index contributed by atoms with van der Waals surface area (Å²) < 4.78 is 20.7. The second kappa shape index (κ2) is 13.1. The first-order valence-electron chi connectivity index (χ1n) is 8.65. The van der Waals surface area contributed by atoms with Gasteiger partial charge in [-0.3, -0.25) is 9.59 Å². The van der Waals surface area contributed by atoms with E-state index in [-0.39, 0.29) is 11.9 Å². The Labute approximate surface area is 149 Å². The molecule has 25 heavy (non-hydrogen) atoms. The van der Waals surface area contributed by atoms with Crippen molar-refractivity contribution in [3.63, 3.8) is 0 Å². The molecular weight excluding hydrogens is 324 g/mol. The number of ether oxygens (including phenoxy) is 4. The average molecular weight is 352 g/mol. The first-order chi connectivity index (χ1) is 12.2. The summed E-state index contributed by atoms with van der Waals surface area (Å²) in [6.45, 7) is 1.03. The van der Waals surface area contributed by atoms with Crippen molar-refractivity contribution in [2.24, 2.45) is 0 Å². The van der Waals surface area contributed by atoms with Crippen molar-refractivity contribution < 1.29 is 28.5 Å². The summed E-state index contributed by atoms with van der Waals surface area (Å²) in [4.78, 5) is 22.1. The molecular formula is C19H28O6. The Morgan fingerprint density at radius 1 is 0.720 bits per heavy atom. The third-order valence-corrected chi connectivity index (χ3v) is 3.62. The van der Waals surface area contributed by atoms with Crippen LogP contribution in [0, 0.1) is 0 Å². The Morgan fingerprint density at radius 2 is 1.20 bits per heavy atom. The molecule has 140 valence electrons. The van der Waals surface area contributed by atoms with Gasteiger partial charge in [-0.25, -0.2) is 0 Å². The van der Waals surface area contributed by atoms with Gasteiger partial charge in [-0.1, -0.05) is 25.0 Å². The first kappa shape index (κ1) is 20.8. The molecule has 1 aromatic carbocycles. The van der Waals surface area contributed by atoms with Gasteiger partial charge in [0.2, 0.25) is 0 Å². The van der Waals surface area contributed by atoms with Crippen LogP contribution in [0.15, 0.2) is 24.3 Å². The Morgan fingerprint density at radius 3 is 1.76 bits per heavy atom. The second-order valence-corrected chi connectivity index (χ2v) is 5.56. The molecule has 6 nitrogen and oxygen atoms in total. The van der Waals surface area contributed by atoms with Gasteiger partial charge >= 0.3 is 11.9 Å². The van der Waals surface area contributed by atoms with Gasteiger partial charge in [0.25, 0.3) is 0 Å². The van der Waals surface area contributed by atoms with Gasteiger partial charge in [-0.15, -0.1) is 0 Å². The minimum atomic E-state index is -0.236. The maximum atomic E-state index is 11.1. The number of methoxy groups -OCH3 is 2. The van der Waals surface area contributed by atoms with Crippen LogP contribution in [0.1, 0.15) is 44.9 Å². The number of benzene rings is 1. The molecule has 0 spiro atoms. The fourth-order valence-electron chi connectivity index (χ4n) is 2.20. The lowest BCUT2D eigenvalue weighted by Gasteiger charge is -2.12. The smallest absolute Gasteiger partial charge is 0.305 e. The van der Waals surface area contributed by atoms with Crippen molar-refractivity contribution in [1.82, 2.24) is 0 Å². The minimum Gasteiger partial charge on any atom is -0.490 e. The summed E-state index contributed by atoms with van der Waals surface area (Å²) in [6, 6.07) is 7.50. The maximum Gasteiger partial charge on any atom is 0.305 e. The third kappa shape index (κ3) is 9.59. The van der Waals surface area contributed by atoms with Crippen molar-refractivity contribution in [2.45, 2.75) is 44.9 Å². The van der Waals surface area contributed by atoms with Crippen LogP contribution in [0.3, 0.4) is 0 Å². The zero-order chi connectivity index (χ0) is 18.3. The van der Waals surface area contributed by atoms with Crippen LogP contribution >= 0.6 is 0 Å². The van der Waals surface area contributed by atoms with Gasteiger partial charge in [0.1, 0.15) is 0 Å². The largest absolute Gasteiger partial charge is 0.490 e. The first-order valence-corrected chi connectivity index (χ1v) is 8.65. The molecule has 0 unspecified atom stereocenters. The zero-order valence-corrected chi connectivity index (χ0v) is 15.1. The van der Waals surface area contributed by atoms with Gasteiger partial charge in [0.05, 0.1) is 27.4 Å². The highest BCUT2D eigenvalue weighted by Crippen LogP contribution is 2.26. The monoisotopic (exact) mass is 352 g/mol. The van der Waals surface area contributed by atoms with Crippen LogP contribution in [-0.2, 0) is 19.1 Å². The number of rotatable bonds is 13.